The first kappa shape index (κ1) is 17.9. The van der Waals surface area contributed by atoms with Crippen LogP contribution in [-0.4, -0.2) is 32.4 Å². The number of hydrogen-bond acceptors (Lipinski definition) is 7. The lowest BCUT2D eigenvalue weighted by molar-refractivity contribution is -0.131. The Morgan fingerprint density at radius 2 is 2.29 bits per heavy atom. The van der Waals surface area contributed by atoms with E-state index in [0.717, 1.165) is 23.2 Å². The number of benzene rings is 1. The van der Waals surface area contributed by atoms with E-state index in [9.17, 15) is 9.90 Å². The molecule has 0 spiro atoms. The lowest BCUT2D eigenvalue weighted by Crippen LogP contribution is -2.37. The number of nitriles is 1. The van der Waals surface area contributed by atoms with E-state index in [-0.39, 0.29) is 23.6 Å². The molecule has 3 heterocycles. The van der Waals surface area contributed by atoms with Crippen LogP contribution in [0.3, 0.4) is 0 Å². The second-order valence-corrected chi connectivity index (χ2v) is 7.43. The number of thiazole rings is 1. The SMILES string of the molecule is N#Cc1cnc(-c2nc(CC(=O)N3CCc4c(N)cccc4C3)cs2)c(O)c1. The maximum Gasteiger partial charge on any atom is 0.228 e. The Hall–Kier alpha value is -3.44. The van der Waals surface area contributed by atoms with Crippen LogP contribution < -0.4 is 5.73 Å². The van der Waals surface area contributed by atoms with Gasteiger partial charge in [-0.2, -0.15) is 5.26 Å². The molecular weight excluding hydrogens is 374 g/mol. The van der Waals surface area contributed by atoms with Crippen LogP contribution in [0.25, 0.3) is 10.7 Å². The van der Waals surface area contributed by atoms with E-state index in [1.54, 1.807) is 5.38 Å². The smallest absolute Gasteiger partial charge is 0.228 e. The molecule has 1 amide bonds. The van der Waals surface area contributed by atoms with Gasteiger partial charge in [0.15, 0.2) is 0 Å². The number of pyridine rings is 1. The molecule has 1 aliphatic rings. The molecule has 1 aliphatic heterocycles. The highest BCUT2D eigenvalue weighted by Crippen LogP contribution is 2.30. The highest BCUT2D eigenvalue weighted by molar-refractivity contribution is 7.13. The summed E-state index contributed by atoms with van der Waals surface area (Å²) in [5.41, 5.74) is 10.2. The van der Waals surface area contributed by atoms with Gasteiger partial charge in [0, 0.05) is 36.4 Å². The van der Waals surface area contributed by atoms with Crippen molar-refractivity contribution in [3.8, 4) is 22.5 Å². The largest absolute Gasteiger partial charge is 0.506 e. The molecule has 3 N–H and O–H groups in total. The monoisotopic (exact) mass is 391 g/mol. The van der Waals surface area contributed by atoms with Crippen LogP contribution in [0.4, 0.5) is 5.69 Å². The normalized spacial score (nSPS) is 13.0. The highest BCUT2D eigenvalue weighted by atomic mass is 32.1. The number of amides is 1. The minimum Gasteiger partial charge on any atom is -0.506 e. The second kappa shape index (κ2) is 7.29. The summed E-state index contributed by atoms with van der Waals surface area (Å²) in [6, 6.07) is 9.08. The topological polar surface area (TPSA) is 116 Å². The molecule has 140 valence electrons. The minimum atomic E-state index is -0.100. The average molecular weight is 391 g/mol. The van der Waals surface area contributed by atoms with Crippen LogP contribution in [0.2, 0.25) is 0 Å². The Morgan fingerprint density at radius 1 is 1.43 bits per heavy atom. The average Bonchev–Trinajstić information content (AvgIpc) is 3.15. The van der Waals surface area contributed by atoms with E-state index >= 15 is 0 Å². The van der Waals surface area contributed by atoms with Gasteiger partial charge < -0.3 is 15.7 Å². The van der Waals surface area contributed by atoms with Crippen LogP contribution in [-0.2, 0) is 24.2 Å². The number of carbonyl (C=O) groups is 1. The molecule has 3 aromatic rings. The van der Waals surface area contributed by atoms with Crippen LogP contribution in [0.15, 0.2) is 35.8 Å². The molecule has 1 aromatic carbocycles. The van der Waals surface area contributed by atoms with Crippen molar-refractivity contribution < 1.29 is 9.90 Å². The van der Waals surface area contributed by atoms with Crippen molar-refractivity contribution >= 4 is 22.9 Å². The fraction of sp³-hybridized carbons (Fsp3) is 0.200. The zero-order chi connectivity index (χ0) is 19.7. The number of nitrogens with two attached hydrogens (primary N) is 1. The third-order valence-electron chi connectivity index (χ3n) is 4.74. The Bertz CT molecular complexity index is 1100. The standard InChI is InChI=1S/C20H17N5O2S/c21-8-12-6-17(26)19(23-9-12)20-24-14(11-28-20)7-18(27)25-5-4-15-13(10-25)2-1-3-16(15)22/h1-3,6,9,11,26H,4-5,7,10,22H2. The first-order valence-electron chi connectivity index (χ1n) is 8.73. The number of carbonyl (C=O) groups excluding carboxylic acids is 1. The van der Waals surface area contributed by atoms with Gasteiger partial charge in [0.2, 0.25) is 5.91 Å². The lowest BCUT2D eigenvalue weighted by atomic mass is 9.98. The van der Waals surface area contributed by atoms with Crippen LogP contribution in [0.5, 0.6) is 5.75 Å². The summed E-state index contributed by atoms with van der Waals surface area (Å²) in [4.78, 5) is 23.1. The van der Waals surface area contributed by atoms with Gasteiger partial charge in [-0.3, -0.25) is 4.79 Å². The van der Waals surface area contributed by atoms with E-state index in [0.29, 0.717) is 29.5 Å². The summed E-state index contributed by atoms with van der Waals surface area (Å²) in [5.74, 6) is -0.0987. The predicted octanol–water partition coefficient (Wildman–Crippen LogP) is 2.49. The van der Waals surface area contributed by atoms with Crippen molar-refractivity contribution in [3.63, 3.8) is 0 Å². The van der Waals surface area contributed by atoms with E-state index in [2.05, 4.69) is 9.97 Å². The van der Waals surface area contributed by atoms with Gasteiger partial charge in [0.05, 0.1) is 17.7 Å². The zero-order valence-electron chi connectivity index (χ0n) is 14.9. The highest BCUT2D eigenvalue weighted by Gasteiger charge is 2.23. The quantitative estimate of drug-likeness (QED) is 0.663. The number of nitrogen functional groups attached to an aromatic ring is 1. The summed E-state index contributed by atoms with van der Waals surface area (Å²) in [6.07, 6.45) is 2.32. The Morgan fingerprint density at radius 3 is 3.07 bits per heavy atom. The lowest BCUT2D eigenvalue weighted by Gasteiger charge is -2.29. The molecular formula is C20H17N5O2S. The maximum absolute atomic E-state index is 12.7. The molecule has 4 rings (SSSR count). The Balaban J connectivity index is 1.47. The van der Waals surface area contributed by atoms with Crippen molar-refractivity contribution in [3.05, 3.63) is 58.2 Å². The predicted molar refractivity (Wildman–Crippen MR) is 105 cm³/mol. The number of fused-ring (bicyclic) bond motifs is 1. The fourth-order valence-electron chi connectivity index (χ4n) is 3.29. The summed E-state index contributed by atoms with van der Waals surface area (Å²) in [6.45, 7) is 1.18. The molecule has 0 radical (unpaired) electrons. The van der Waals surface area contributed by atoms with Gasteiger partial charge in [-0.25, -0.2) is 9.97 Å². The van der Waals surface area contributed by atoms with Gasteiger partial charge in [-0.1, -0.05) is 12.1 Å². The first-order valence-corrected chi connectivity index (χ1v) is 9.61. The van der Waals surface area contributed by atoms with Gasteiger partial charge in [-0.05, 0) is 23.6 Å². The van der Waals surface area contributed by atoms with Crippen molar-refractivity contribution in [2.24, 2.45) is 0 Å². The van der Waals surface area contributed by atoms with Crippen molar-refractivity contribution in [1.82, 2.24) is 14.9 Å². The molecule has 0 saturated carbocycles. The zero-order valence-corrected chi connectivity index (χ0v) is 15.7. The van der Waals surface area contributed by atoms with Gasteiger partial charge in [0.1, 0.15) is 22.5 Å². The van der Waals surface area contributed by atoms with Gasteiger partial charge >= 0.3 is 0 Å². The number of nitrogens with zero attached hydrogens (tertiary/aromatic N) is 4. The molecule has 0 unspecified atom stereocenters. The van der Waals surface area contributed by atoms with E-state index in [4.69, 9.17) is 11.0 Å². The molecule has 0 bridgehead atoms. The third kappa shape index (κ3) is 3.40. The number of aromatic hydroxyl groups is 1. The van der Waals surface area contributed by atoms with Crippen LogP contribution in [0, 0.1) is 11.3 Å². The maximum atomic E-state index is 12.7. The van der Waals surface area contributed by atoms with Crippen molar-refractivity contribution in [1.29, 1.82) is 5.26 Å². The number of anilines is 1. The summed E-state index contributed by atoms with van der Waals surface area (Å²) < 4.78 is 0. The van der Waals surface area contributed by atoms with E-state index in [1.807, 2.05) is 29.2 Å². The third-order valence-corrected chi connectivity index (χ3v) is 5.64. The van der Waals surface area contributed by atoms with Gasteiger partial charge in [0.25, 0.3) is 0 Å². The fourth-order valence-corrected chi connectivity index (χ4v) is 4.12. The number of rotatable bonds is 3. The molecule has 0 saturated heterocycles. The molecule has 28 heavy (non-hydrogen) atoms. The van der Waals surface area contributed by atoms with Gasteiger partial charge in [-0.15, -0.1) is 11.3 Å². The second-order valence-electron chi connectivity index (χ2n) is 6.57. The van der Waals surface area contributed by atoms with Crippen LogP contribution >= 0.6 is 11.3 Å². The molecule has 0 atom stereocenters. The number of hydrogen-bond donors (Lipinski definition) is 2. The van der Waals surface area contributed by atoms with E-state index < -0.39 is 0 Å². The molecule has 0 aliphatic carbocycles. The molecule has 8 heteroatoms. The molecule has 0 fully saturated rings. The first-order chi connectivity index (χ1) is 13.5. The van der Waals surface area contributed by atoms with Crippen molar-refractivity contribution in [2.75, 3.05) is 12.3 Å². The van der Waals surface area contributed by atoms with E-state index in [1.165, 1.54) is 23.6 Å². The summed E-state index contributed by atoms with van der Waals surface area (Å²) in [7, 11) is 0. The Labute approximate surface area is 165 Å². The minimum absolute atomic E-state index is 0.00179. The van der Waals surface area contributed by atoms with Crippen molar-refractivity contribution in [2.45, 2.75) is 19.4 Å². The Kier molecular flexibility index (Phi) is 4.67. The van der Waals surface area contributed by atoms with Crippen LogP contribution in [0.1, 0.15) is 22.4 Å². The summed E-state index contributed by atoms with van der Waals surface area (Å²) >= 11 is 1.31. The summed E-state index contributed by atoms with van der Waals surface area (Å²) in [5, 5.41) is 21.2. The molecule has 7 nitrogen and oxygen atoms in total. The number of aromatic nitrogens is 2. The molecule has 2 aromatic heterocycles.